The van der Waals surface area contributed by atoms with Gasteiger partial charge in [-0.3, -0.25) is 0 Å². The second-order valence-corrected chi connectivity index (χ2v) is 6.53. The molecule has 0 unspecified atom stereocenters. The fourth-order valence-corrected chi connectivity index (χ4v) is 2.87. The highest BCUT2D eigenvalue weighted by atomic mass is 16.5. The van der Waals surface area contributed by atoms with Crippen LogP contribution >= 0.6 is 0 Å². The third-order valence-electron chi connectivity index (χ3n) is 4.19. The molecule has 4 heteroatoms. The molecule has 25 heavy (non-hydrogen) atoms. The molecule has 0 aliphatic carbocycles. The van der Waals surface area contributed by atoms with Gasteiger partial charge in [-0.25, -0.2) is 0 Å². The van der Waals surface area contributed by atoms with Crippen LogP contribution in [0.4, 0.5) is 0 Å². The summed E-state index contributed by atoms with van der Waals surface area (Å²) in [4.78, 5) is 0. The summed E-state index contributed by atoms with van der Waals surface area (Å²) in [5.41, 5.74) is 5.17. The van der Waals surface area contributed by atoms with E-state index in [1.54, 1.807) is 12.1 Å². The van der Waals surface area contributed by atoms with Crippen LogP contribution < -0.4 is 4.74 Å². The Morgan fingerprint density at radius 3 is 2.48 bits per heavy atom. The number of rotatable bonds is 7. The summed E-state index contributed by atoms with van der Waals surface area (Å²) in [5.74, 6) is 1.16. The number of ether oxygens (including phenoxy) is 1. The molecule has 0 atom stereocenters. The molecule has 3 N–H and O–H groups in total. The van der Waals surface area contributed by atoms with Gasteiger partial charge in [0.05, 0.1) is 0 Å². The maximum absolute atomic E-state index is 9.99. The lowest BCUT2D eigenvalue weighted by Crippen LogP contribution is -2.16. The molecule has 2 aromatic carbocycles. The number of hydrogen-bond donors (Lipinski definition) is 3. The van der Waals surface area contributed by atoms with E-state index in [9.17, 15) is 5.11 Å². The second kappa shape index (κ2) is 8.19. The van der Waals surface area contributed by atoms with Crippen LogP contribution in [0.2, 0.25) is 0 Å². The van der Waals surface area contributed by atoms with Crippen molar-refractivity contribution in [2.45, 2.75) is 39.4 Å². The first-order valence-corrected chi connectivity index (χ1v) is 8.38. The number of hydrogen-bond acceptors (Lipinski definition) is 4. The van der Waals surface area contributed by atoms with E-state index in [0.717, 1.165) is 34.2 Å². The first kappa shape index (κ1) is 19.0. The topological polar surface area (TPSA) is 69.9 Å². The normalized spacial score (nSPS) is 11.2. The van der Waals surface area contributed by atoms with Crippen molar-refractivity contribution >= 4 is 6.08 Å². The lowest BCUT2D eigenvalue weighted by atomic mass is 9.92. The molecule has 0 aliphatic rings. The number of benzene rings is 2. The minimum Gasteiger partial charge on any atom is -0.508 e. The Morgan fingerprint density at radius 2 is 1.88 bits per heavy atom. The van der Waals surface area contributed by atoms with E-state index in [4.69, 9.17) is 14.9 Å². The number of aromatic hydroxyl groups is 1. The van der Waals surface area contributed by atoms with Crippen LogP contribution in [0.3, 0.4) is 0 Å². The van der Waals surface area contributed by atoms with Crippen LogP contribution in [0.5, 0.6) is 11.5 Å². The molecule has 2 aromatic rings. The highest BCUT2D eigenvalue weighted by Crippen LogP contribution is 2.30. The van der Waals surface area contributed by atoms with E-state index in [2.05, 4.69) is 20.4 Å². The summed E-state index contributed by atoms with van der Waals surface area (Å²) in [5, 5.41) is 27.9. The van der Waals surface area contributed by atoms with E-state index >= 15 is 0 Å². The molecule has 0 spiro atoms. The summed E-state index contributed by atoms with van der Waals surface area (Å²) in [6.45, 7) is 9.81. The molecule has 2 rings (SSSR count). The predicted molar refractivity (Wildman–Crippen MR) is 100.0 cm³/mol. The van der Waals surface area contributed by atoms with Gasteiger partial charge in [-0.2, -0.15) is 0 Å². The smallest absolute Gasteiger partial charge is 0.186 e. The fraction of sp³-hybridized carbons (Fsp3) is 0.333. The van der Waals surface area contributed by atoms with Gasteiger partial charge >= 0.3 is 0 Å². The third kappa shape index (κ3) is 4.84. The summed E-state index contributed by atoms with van der Waals surface area (Å²) in [6.07, 6.45) is 0.989. The van der Waals surface area contributed by atoms with Crippen LogP contribution in [0.25, 0.3) is 6.08 Å². The largest absolute Gasteiger partial charge is 0.508 e. The number of aliphatic hydroxyl groups excluding tert-OH is 1. The maximum Gasteiger partial charge on any atom is 0.186 e. The molecule has 4 nitrogen and oxygen atoms in total. The lowest BCUT2D eigenvalue weighted by molar-refractivity contribution is -0.0680. The molecule has 134 valence electrons. The van der Waals surface area contributed by atoms with Gasteiger partial charge in [-0.15, -0.1) is 0 Å². The minimum absolute atomic E-state index is 0.176. The molecule has 0 aliphatic heterocycles. The van der Waals surface area contributed by atoms with Gasteiger partial charge in [0.15, 0.2) is 6.29 Å². The Morgan fingerprint density at radius 1 is 1.16 bits per heavy atom. The van der Waals surface area contributed by atoms with Gasteiger partial charge in [-0.05, 0) is 65.3 Å². The molecule has 0 bridgehead atoms. The first-order chi connectivity index (χ1) is 11.8. The number of phenolic OH excluding ortho intramolecular Hbond substituents is 1. The molecule has 0 heterocycles. The van der Waals surface area contributed by atoms with Crippen molar-refractivity contribution in [3.8, 4) is 11.5 Å². The Bertz CT molecular complexity index is 748. The van der Waals surface area contributed by atoms with Crippen LogP contribution in [-0.2, 0) is 6.42 Å². The van der Waals surface area contributed by atoms with Crippen molar-refractivity contribution in [2.75, 3.05) is 6.61 Å². The van der Waals surface area contributed by atoms with E-state index in [-0.39, 0.29) is 12.5 Å². The van der Waals surface area contributed by atoms with E-state index < -0.39 is 6.29 Å². The molecule has 0 radical (unpaired) electrons. The van der Waals surface area contributed by atoms with Gasteiger partial charge < -0.3 is 20.1 Å². The zero-order valence-corrected chi connectivity index (χ0v) is 15.0. The van der Waals surface area contributed by atoms with Crippen molar-refractivity contribution < 1.29 is 20.1 Å². The number of aryl methyl sites for hydroxylation is 1. The van der Waals surface area contributed by atoms with Crippen LogP contribution in [0.1, 0.15) is 47.6 Å². The highest BCUT2D eigenvalue weighted by Gasteiger charge is 2.12. The Balaban J connectivity index is 2.33. The van der Waals surface area contributed by atoms with Crippen molar-refractivity contribution in [3.05, 3.63) is 64.7 Å². The second-order valence-electron chi connectivity index (χ2n) is 6.53. The SMILES string of the molecule is C=Cc1cc(OCC(O)O)cc(C)c1Cc1ccc(O)c(C(C)C)c1. The lowest BCUT2D eigenvalue weighted by Gasteiger charge is -2.16. The fourth-order valence-electron chi connectivity index (χ4n) is 2.87. The summed E-state index contributed by atoms with van der Waals surface area (Å²) >= 11 is 0. The highest BCUT2D eigenvalue weighted by molar-refractivity contribution is 5.58. The monoisotopic (exact) mass is 342 g/mol. The zero-order valence-electron chi connectivity index (χ0n) is 15.0. The standard InChI is InChI=1S/C21H26O4/c1-5-16-11-17(25-12-21(23)24)8-14(4)19(16)10-15-6-7-20(22)18(9-15)13(2)3/h5-9,11,13,21-24H,1,10,12H2,2-4H3. The zero-order chi connectivity index (χ0) is 18.6. The first-order valence-electron chi connectivity index (χ1n) is 8.38. The van der Waals surface area contributed by atoms with Crippen molar-refractivity contribution in [2.24, 2.45) is 0 Å². The average molecular weight is 342 g/mol. The van der Waals surface area contributed by atoms with E-state index in [0.29, 0.717) is 11.5 Å². The van der Waals surface area contributed by atoms with Gasteiger partial charge in [0.2, 0.25) is 0 Å². The van der Waals surface area contributed by atoms with E-state index in [1.807, 2.05) is 31.2 Å². The molecular formula is C21H26O4. The van der Waals surface area contributed by atoms with E-state index in [1.165, 1.54) is 0 Å². The summed E-state index contributed by atoms with van der Waals surface area (Å²) in [6, 6.07) is 9.45. The Hall–Kier alpha value is -2.30. The number of aliphatic hydroxyl groups is 2. The maximum atomic E-state index is 9.99. The van der Waals surface area contributed by atoms with Crippen LogP contribution in [-0.4, -0.2) is 28.2 Å². The third-order valence-corrected chi connectivity index (χ3v) is 4.19. The van der Waals surface area contributed by atoms with Crippen molar-refractivity contribution in [1.82, 2.24) is 0 Å². The molecule has 0 fully saturated rings. The van der Waals surface area contributed by atoms with Gasteiger partial charge in [0.25, 0.3) is 0 Å². The van der Waals surface area contributed by atoms with Crippen molar-refractivity contribution in [1.29, 1.82) is 0 Å². The Labute approximate surface area is 149 Å². The molecule has 0 saturated heterocycles. The number of phenols is 1. The van der Waals surface area contributed by atoms with Gasteiger partial charge in [0.1, 0.15) is 18.1 Å². The molecular weight excluding hydrogens is 316 g/mol. The molecule has 0 aromatic heterocycles. The average Bonchev–Trinajstić information content (AvgIpc) is 2.56. The minimum atomic E-state index is -1.50. The van der Waals surface area contributed by atoms with Crippen LogP contribution in [0, 0.1) is 6.92 Å². The van der Waals surface area contributed by atoms with Crippen molar-refractivity contribution in [3.63, 3.8) is 0 Å². The Kier molecular flexibility index (Phi) is 6.23. The van der Waals surface area contributed by atoms with Crippen LogP contribution in [0.15, 0.2) is 36.9 Å². The summed E-state index contributed by atoms with van der Waals surface area (Å²) in [7, 11) is 0. The van der Waals surface area contributed by atoms with Gasteiger partial charge in [-0.1, -0.05) is 38.6 Å². The molecule has 0 saturated carbocycles. The quantitative estimate of drug-likeness (QED) is 0.670. The molecule has 0 amide bonds. The van der Waals surface area contributed by atoms with Gasteiger partial charge in [0, 0.05) is 0 Å². The predicted octanol–water partition coefficient (Wildman–Crippen LogP) is 3.75. The summed E-state index contributed by atoms with van der Waals surface area (Å²) < 4.78 is 5.38.